The Balaban J connectivity index is 1.70. The average molecular weight is 338 g/mol. The van der Waals surface area contributed by atoms with Crippen LogP contribution in [0.4, 0.5) is 10.5 Å². The highest BCUT2D eigenvalue weighted by Gasteiger charge is 2.24. The Morgan fingerprint density at radius 3 is 2.76 bits per heavy atom. The Kier molecular flexibility index (Phi) is 5.03. The molecule has 0 bridgehead atoms. The van der Waals surface area contributed by atoms with E-state index in [1.165, 1.54) is 5.57 Å². The van der Waals surface area contributed by atoms with Gasteiger partial charge in [0.2, 0.25) is 0 Å². The van der Waals surface area contributed by atoms with Gasteiger partial charge in [-0.05, 0) is 32.8 Å². The Labute approximate surface area is 147 Å². The summed E-state index contributed by atoms with van der Waals surface area (Å²) in [4.78, 5) is 12.3. The molecule has 1 heterocycles. The van der Waals surface area contributed by atoms with Gasteiger partial charge in [0.25, 0.3) is 0 Å². The van der Waals surface area contributed by atoms with E-state index >= 15 is 0 Å². The molecule has 2 aromatic rings. The fraction of sp³-hybridized carbons (Fsp3) is 0.300. The van der Waals surface area contributed by atoms with Crippen LogP contribution >= 0.6 is 0 Å². The van der Waals surface area contributed by atoms with Crippen molar-refractivity contribution in [3.63, 3.8) is 0 Å². The summed E-state index contributed by atoms with van der Waals surface area (Å²) in [5.41, 5.74) is 3.39. The first-order valence-electron chi connectivity index (χ1n) is 8.38. The molecule has 2 unspecified atom stereocenters. The summed E-state index contributed by atoms with van der Waals surface area (Å²) >= 11 is 0. The zero-order chi connectivity index (χ0) is 17.8. The van der Waals surface area contributed by atoms with Crippen molar-refractivity contribution in [3.8, 4) is 0 Å². The van der Waals surface area contributed by atoms with Crippen molar-refractivity contribution in [2.45, 2.75) is 39.2 Å². The molecule has 1 amide bonds. The molecule has 0 radical (unpaired) electrons. The van der Waals surface area contributed by atoms with Gasteiger partial charge in [-0.2, -0.15) is 0 Å². The van der Waals surface area contributed by atoms with Gasteiger partial charge in [-0.15, -0.1) is 0 Å². The van der Waals surface area contributed by atoms with Crippen LogP contribution in [0.15, 0.2) is 58.7 Å². The van der Waals surface area contributed by atoms with E-state index < -0.39 is 6.09 Å². The van der Waals surface area contributed by atoms with E-state index in [2.05, 4.69) is 29.5 Å². The second-order valence-corrected chi connectivity index (χ2v) is 6.24. The molecule has 0 aliphatic heterocycles. The maximum absolute atomic E-state index is 12.3. The first-order valence-corrected chi connectivity index (χ1v) is 8.38. The molecule has 0 saturated heterocycles. The van der Waals surface area contributed by atoms with Gasteiger partial charge in [0.05, 0.1) is 0 Å². The number of anilines is 1. The number of allylic oxidation sites excluding steroid dienone is 4. The quantitative estimate of drug-likeness (QED) is 0.823. The standard InChI is InChI=1S/C20H22N2O3/c1-13-9-11-17(12-10-13)19-18(14(2)22-25-19)21-20(23)24-15(3)16-7-5-4-6-8-16/h4-11,15,17H,12H2,1-3H3,(H,21,23). The average Bonchev–Trinajstić information content (AvgIpc) is 2.97. The van der Waals surface area contributed by atoms with Crippen LogP contribution in [0.1, 0.15) is 49.3 Å². The number of amides is 1. The third-order valence-corrected chi connectivity index (χ3v) is 4.29. The van der Waals surface area contributed by atoms with Crippen molar-refractivity contribution in [3.05, 3.63) is 71.2 Å². The van der Waals surface area contributed by atoms with Crippen molar-refractivity contribution >= 4 is 11.8 Å². The lowest BCUT2D eigenvalue weighted by Gasteiger charge is -2.16. The van der Waals surface area contributed by atoms with Gasteiger partial charge in [-0.25, -0.2) is 4.79 Å². The van der Waals surface area contributed by atoms with Crippen molar-refractivity contribution in [1.82, 2.24) is 5.16 Å². The van der Waals surface area contributed by atoms with Gasteiger partial charge < -0.3 is 9.26 Å². The van der Waals surface area contributed by atoms with E-state index in [1.807, 2.05) is 43.3 Å². The fourth-order valence-corrected chi connectivity index (χ4v) is 2.80. The van der Waals surface area contributed by atoms with Crippen LogP contribution < -0.4 is 5.32 Å². The SMILES string of the molecule is CC1=CCC(c2onc(C)c2NC(=O)OC(C)c2ccccc2)C=C1. The molecule has 1 aliphatic carbocycles. The summed E-state index contributed by atoms with van der Waals surface area (Å²) in [7, 11) is 0. The summed E-state index contributed by atoms with van der Waals surface area (Å²) in [5, 5.41) is 6.80. The Morgan fingerprint density at radius 2 is 2.08 bits per heavy atom. The van der Waals surface area contributed by atoms with E-state index in [4.69, 9.17) is 9.26 Å². The molecule has 2 atom stereocenters. The fourth-order valence-electron chi connectivity index (χ4n) is 2.80. The molecule has 1 aliphatic rings. The number of hydrogen-bond donors (Lipinski definition) is 1. The second-order valence-electron chi connectivity index (χ2n) is 6.24. The molecule has 1 aromatic heterocycles. The highest BCUT2D eigenvalue weighted by atomic mass is 16.6. The lowest BCUT2D eigenvalue weighted by molar-refractivity contribution is 0.121. The molecule has 3 rings (SSSR count). The number of aryl methyl sites for hydroxylation is 1. The number of benzene rings is 1. The minimum atomic E-state index is -0.518. The third-order valence-electron chi connectivity index (χ3n) is 4.29. The van der Waals surface area contributed by atoms with Crippen molar-refractivity contribution in [2.75, 3.05) is 5.32 Å². The van der Waals surface area contributed by atoms with Crippen molar-refractivity contribution in [2.24, 2.45) is 0 Å². The summed E-state index contributed by atoms with van der Waals surface area (Å²) < 4.78 is 10.9. The first kappa shape index (κ1) is 17.0. The summed E-state index contributed by atoms with van der Waals surface area (Å²) in [6.45, 7) is 5.70. The van der Waals surface area contributed by atoms with E-state index in [0.717, 1.165) is 12.0 Å². The summed E-state index contributed by atoms with van der Waals surface area (Å²) in [5.74, 6) is 0.716. The molecule has 0 fully saturated rings. The van der Waals surface area contributed by atoms with Crippen LogP contribution in [0.5, 0.6) is 0 Å². The van der Waals surface area contributed by atoms with E-state index in [0.29, 0.717) is 17.1 Å². The third kappa shape index (κ3) is 3.99. The predicted octanol–water partition coefficient (Wildman–Crippen LogP) is 5.28. The zero-order valence-corrected chi connectivity index (χ0v) is 14.7. The number of rotatable bonds is 4. The first-order chi connectivity index (χ1) is 12.0. The largest absolute Gasteiger partial charge is 0.441 e. The van der Waals surface area contributed by atoms with E-state index in [9.17, 15) is 4.79 Å². The monoisotopic (exact) mass is 338 g/mol. The van der Waals surface area contributed by atoms with Crippen LogP contribution in [-0.4, -0.2) is 11.2 Å². The normalized spacial score (nSPS) is 17.7. The lowest BCUT2D eigenvalue weighted by atomic mass is 9.94. The molecular formula is C20H22N2O3. The molecule has 5 heteroatoms. The molecular weight excluding hydrogens is 316 g/mol. The number of carbonyl (C=O) groups excluding carboxylic acids is 1. The van der Waals surface area contributed by atoms with Crippen LogP contribution in [0.25, 0.3) is 0 Å². The highest BCUT2D eigenvalue weighted by molar-refractivity contribution is 5.86. The second kappa shape index (κ2) is 7.38. The molecule has 130 valence electrons. The molecule has 1 aromatic carbocycles. The summed E-state index contributed by atoms with van der Waals surface area (Å²) in [6.07, 6.45) is 6.22. The van der Waals surface area contributed by atoms with Crippen LogP contribution in [0.3, 0.4) is 0 Å². The Bertz CT molecular complexity index is 806. The maximum Gasteiger partial charge on any atom is 0.412 e. The van der Waals surface area contributed by atoms with Crippen LogP contribution in [-0.2, 0) is 4.74 Å². The van der Waals surface area contributed by atoms with Crippen LogP contribution in [0, 0.1) is 6.92 Å². The maximum atomic E-state index is 12.3. The van der Waals surface area contributed by atoms with Gasteiger partial charge >= 0.3 is 6.09 Å². The van der Waals surface area contributed by atoms with Gasteiger partial charge in [0.1, 0.15) is 17.5 Å². The van der Waals surface area contributed by atoms with Crippen LogP contribution in [0.2, 0.25) is 0 Å². The molecule has 25 heavy (non-hydrogen) atoms. The van der Waals surface area contributed by atoms with Crippen molar-refractivity contribution in [1.29, 1.82) is 0 Å². The van der Waals surface area contributed by atoms with E-state index in [1.54, 1.807) is 6.92 Å². The van der Waals surface area contributed by atoms with Crippen molar-refractivity contribution < 1.29 is 14.1 Å². The van der Waals surface area contributed by atoms with Gasteiger partial charge in [-0.1, -0.05) is 59.3 Å². The molecule has 1 N–H and O–H groups in total. The number of aromatic nitrogens is 1. The smallest absolute Gasteiger partial charge is 0.412 e. The summed E-state index contributed by atoms with van der Waals surface area (Å²) in [6, 6.07) is 9.61. The number of carbonyl (C=O) groups is 1. The molecule has 0 saturated carbocycles. The van der Waals surface area contributed by atoms with Gasteiger partial charge in [-0.3, -0.25) is 5.32 Å². The molecule has 5 nitrogen and oxygen atoms in total. The lowest BCUT2D eigenvalue weighted by Crippen LogP contribution is -2.17. The van der Waals surface area contributed by atoms with Gasteiger partial charge in [0, 0.05) is 5.92 Å². The number of ether oxygens (including phenoxy) is 1. The topological polar surface area (TPSA) is 64.4 Å². The number of nitrogens with zero attached hydrogens (tertiary/aromatic N) is 1. The minimum absolute atomic E-state index is 0.0618. The predicted molar refractivity (Wildman–Crippen MR) is 96.5 cm³/mol. The highest BCUT2D eigenvalue weighted by Crippen LogP contribution is 2.34. The zero-order valence-electron chi connectivity index (χ0n) is 14.7. The minimum Gasteiger partial charge on any atom is -0.441 e. The van der Waals surface area contributed by atoms with Gasteiger partial charge in [0.15, 0.2) is 5.76 Å². The van der Waals surface area contributed by atoms with E-state index in [-0.39, 0.29) is 12.0 Å². The number of nitrogens with one attached hydrogen (secondary N) is 1. The molecule has 0 spiro atoms. The Hall–Kier alpha value is -2.82. The Morgan fingerprint density at radius 1 is 1.32 bits per heavy atom. The number of hydrogen-bond acceptors (Lipinski definition) is 4.